The van der Waals surface area contributed by atoms with Gasteiger partial charge in [-0.2, -0.15) is 5.10 Å². The Kier molecular flexibility index (Phi) is 5.35. The van der Waals surface area contributed by atoms with Gasteiger partial charge < -0.3 is 4.74 Å². The maximum Gasteiger partial charge on any atom is 0.277 e. The third kappa shape index (κ3) is 4.93. The molecule has 2 rings (SSSR count). The normalized spacial score (nSPS) is 10.6. The number of nitrogens with one attached hydrogen (secondary N) is 1. The number of aryl methyl sites for hydroxylation is 1. The molecule has 0 atom stereocenters. The van der Waals surface area contributed by atoms with Crippen molar-refractivity contribution in [1.82, 2.24) is 5.43 Å². The minimum Gasteiger partial charge on any atom is -0.482 e. The molecular formula is C16H15ClN2O2. The Morgan fingerprint density at radius 3 is 2.67 bits per heavy atom. The highest BCUT2D eigenvalue weighted by atomic mass is 35.5. The lowest BCUT2D eigenvalue weighted by Crippen LogP contribution is -2.24. The van der Waals surface area contributed by atoms with Gasteiger partial charge in [-0.1, -0.05) is 53.6 Å². The molecule has 0 aliphatic heterocycles. The van der Waals surface area contributed by atoms with Crippen LogP contribution in [0.2, 0.25) is 5.02 Å². The smallest absolute Gasteiger partial charge is 0.277 e. The Hall–Kier alpha value is -2.33. The lowest BCUT2D eigenvalue weighted by Gasteiger charge is -2.06. The topological polar surface area (TPSA) is 50.7 Å². The van der Waals surface area contributed by atoms with Gasteiger partial charge in [0.05, 0.1) is 11.2 Å². The highest BCUT2D eigenvalue weighted by Gasteiger charge is 2.03. The average Bonchev–Trinajstić information content (AvgIpc) is 2.48. The lowest BCUT2D eigenvalue weighted by molar-refractivity contribution is -0.123. The second-order valence-corrected chi connectivity index (χ2v) is 4.83. The predicted molar refractivity (Wildman–Crippen MR) is 83.9 cm³/mol. The van der Waals surface area contributed by atoms with E-state index in [9.17, 15) is 4.79 Å². The van der Waals surface area contributed by atoms with Crippen molar-refractivity contribution in [2.45, 2.75) is 6.92 Å². The number of carbonyl (C=O) groups excluding carboxylic acids is 1. The quantitative estimate of drug-likeness (QED) is 0.681. The molecule has 2 aromatic rings. The fourth-order valence-corrected chi connectivity index (χ4v) is 1.76. The van der Waals surface area contributed by atoms with Crippen molar-refractivity contribution in [3.8, 4) is 5.75 Å². The standard InChI is InChI=1S/C16H15ClN2O2/c1-12-6-8-13(9-7-12)10-18-19-16(20)11-21-15-5-3-2-4-14(15)17/h2-10H,11H2,1H3,(H,19,20)/b18-10-. The molecule has 0 aliphatic carbocycles. The molecule has 0 aromatic heterocycles. The number of hydrogen-bond acceptors (Lipinski definition) is 3. The molecule has 0 heterocycles. The number of rotatable bonds is 5. The van der Waals surface area contributed by atoms with Crippen LogP contribution >= 0.6 is 11.6 Å². The van der Waals surface area contributed by atoms with Crippen molar-refractivity contribution in [3.63, 3.8) is 0 Å². The largest absolute Gasteiger partial charge is 0.482 e. The summed E-state index contributed by atoms with van der Waals surface area (Å²) < 4.78 is 5.30. The van der Waals surface area contributed by atoms with E-state index in [0.29, 0.717) is 10.8 Å². The number of benzene rings is 2. The van der Waals surface area contributed by atoms with Gasteiger partial charge in [-0.05, 0) is 24.6 Å². The third-order valence-electron chi connectivity index (χ3n) is 2.68. The summed E-state index contributed by atoms with van der Waals surface area (Å²) in [5.74, 6) is 0.120. The molecule has 1 amide bonds. The number of para-hydroxylation sites is 1. The molecule has 1 N–H and O–H groups in total. The number of amides is 1. The van der Waals surface area contributed by atoms with Gasteiger partial charge in [0.25, 0.3) is 5.91 Å². The van der Waals surface area contributed by atoms with Gasteiger partial charge >= 0.3 is 0 Å². The van der Waals surface area contributed by atoms with Crippen molar-refractivity contribution in [1.29, 1.82) is 0 Å². The van der Waals surface area contributed by atoms with Gasteiger partial charge in [0, 0.05) is 0 Å². The van der Waals surface area contributed by atoms with Crippen LogP contribution in [-0.2, 0) is 4.79 Å². The summed E-state index contributed by atoms with van der Waals surface area (Å²) >= 11 is 5.92. The summed E-state index contributed by atoms with van der Waals surface area (Å²) in [5.41, 5.74) is 4.48. The summed E-state index contributed by atoms with van der Waals surface area (Å²) in [6.07, 6.45) is 1.58. The van der Waals surface area contributed by atoms with Crippen molar-refractivity contribution < 1.29 is 9.53 Å². The van der Waals surface area contributed by atoms with E-state index in [1.54, 1.807) is 30.5 Å². The maximum atomic E-state index is 11.6. The van der Waals surface area contributed by atoms with Crippen molar-refractivity contribution in [2.24, 2.45) is 5.10 Å². The highest BCUT2D eigenvalue weighted by molar-refractivity contribution is 6.32. The molecule has 21 heavy (non-hydrogen) atoms. The van der Waals surface area contributed by atoms with E-state index in [1.165, 1.54) is 5.56 Å². The molecular weight excluding hydrogens is 288 g/mol. The van der Waals surface area contributed by atoms with E-state index in [4.69, 9.17) is 16.3 Å². The average molecular weight is 303 g/mol. The summed E-state index contributed by atoms with van der Waals surface area (Å²) in [7, 11) is 0. The molecule has 5 heteroatoms. The van der Waals surface area contributed by atoms with E-state index in [-0.39, 0.29) is 12.5 Å². The van der Waals surface area contributed by atoms with Crippen molar-refractivity contribution in [2.75, 3.05) is 6.61 Å². The fourth-order valence-electron chi connectivity index (χ4n) is 1.57. The summed E-state index contributed by atoms with van der Waals surface area (Å²) in [4.78, 5) is 11.6. The number of carbonyl (C=O) groups is 1. The minimum atomic E-state index is -0.349. The van der Waals surface area contributed by atoms with Crippen LogP contribution in [0, 0.1) is 6.92 Å². The number of halogens is 1. The molecule has 0 saturated heterocycles. The monoisotopic (exact) mass is 302 g/mol. The SMILES string of the molecule is Cc1ccc(/C=N\NC(=O)COc2ccccc2Cl)cc1. The summed E-state index contributed by atoms with van der Waals surface area (Å²) in [5, 5.41) is 4.33. The fraction of sp³-hybridized carbons (Fsp3) is 0.125. The molecule has 0 unspecified atom stereocenters. The maximum absolute atomic E-state index is 11.6. The Bertz CT molecular complexity index is 639. The predicted octanol–water partition coefficient (Wildman–Crippen LogP) is 3.18. The molecule has 108 valence electrons. The second-order valence-electron chi connectivity index (χ2n) is 4.42. The van der Waals surface area contributed by atoms with E-state index in [0.717, 1.165) is 5.56 Å². The van der Waals surface area contributed by atoms with E-state index >= 15 is 0 Å². The number of ether oxygens (including phenoxy) is 1. The van der Waals surface area contributed by atoms with E-state index < -0.39 is 0 Å². The van der Waals surface area contributed by atoms with Crippen LogP contribution in [0.5, 0.6) is 5.75 Å². The van der Waals surface area contributed by atoms with Gasteiger partial charge in [0.1, 0.15) is 5.75 Å². The summed E-state index contributed by atoms with van der Waals surface area (Å²) in [6.45, 7) is 1.86. The van der Waals surface area contributed by atoms with Crippen LogP contribution in [0.4, 0.5) is 0 Å². The first-order valence-electron chi connectivity index (χ1n) is 6.41. The van der Waals surface area contributed by atoms with Gasteiger partial charge in [0.2, 0.25) is 0 Å². The number of hydrazone groups is 1. The Labute approximate surface area is 128 Å². The first-order chi connectivity index (χ1) is 10.1. The first-order valence-corrected chi connectivity index (χ1v) is 6.79. The number of hydrogen-bond donors (Lipinski definition) is 1. The molecule has 0 radical (unpaired) electrons. The second kappa shape index (κ2) is 7.45. The third-order valence-corrected chi connectivity index (χ3v) is 2.99. The van der Waals surface area contributed by atoms with E-state index in [2.05, 4.69) is 10.5 Å². The highest BCUT2D eigenvalue weighted by Crippen LogP contribution is 2.22. The number of nitrogens with zero attached hydrogens (tertiary/aromatic N) is 1. The Morgan fingerprint density at radius 2 is 1.95 bits per heavy atom. The zero-order valence-electron chi connectivity index (χ0n) is 11.5. The van der Waals surface area contributed by atoms with Gasteiger partial charge in [-0.15, -0.1) is 0 Å². The van der Waals surface area contributed by atoms with E-state index in [1.807, 2.05) is 31.2 Å². The van der Waals surface area contributed by atoms with Gasteiger partial charge in [-0.3, -0.25) is 4.79 Å². The van der Waals surface area contributed by atoms with Crippen LogP contribution in [0.1, 0.15) is 11.1 Å². The Balaban J connectivity index is 1.80. The Morgan fingerprint density at radius 1 is 1.24 bits per heavy atom. The first kappa shape index (κ1) is 15.1. The zero-order valence-corrected chi connectivity index (χ0v) is 12.3. The van der Waals surface area contributed by atoms with Crippen LogP contribution < -0.4 is 10.2 Å². The van der Waals surface area contributed by atoms with Crippen LogP contribution in [0.15, 0.2) is 53.6 Å². The molecule has 0 saturated carbocycles. The van der Waals surface area contributed by atoms with Crippen LogP contribution in [0.25, 0.3) is 0 Å². The molecule has 0 bridgehead atoms. The van der Waals surface area contributed by atoms with Gasteiger partial charge in [-0.25, -0.2) is 5.43 Å². The van der Waals surface area contributed by atoms with Crippen LogP contribution in [0.3, 0.4) is 0 Å². The zero-order chi connectivity index (χ0) is 15.1. The molecule has 0 aliphatic rings. The molecule has 2 aromatic carbocycles. The minimum absolute atomic E-state index is 0.144. The molecule has 0 spiro atoms. The van der Waals surface area contributed by atoms with Crippen molar-refractivity contribution in [3.05, 3.63) is 64.7 Å². The van der Waals surface area contributed by atoms with Crippen molar-refractivity contribution >= 4 is 23.7 Å². The molecule has 4 nitrogen and oxygen atoms in total. The molecule has 0 fully saturated rings. The van der Waals surface area contributed by atoms with Gasteiger partial charge in [0.15, 0.2) is 6.61 Å². The lowest BCUT2D eigenvalue weighted by atomic mass is 10.2. The summed E-state index contributed by atoms with van der Waals surface area (Å²) in [6, 6.07) is 14.8. The van der Waals surface area contributed by atoms with Crippen LogP contribution in [-0.4, -0.2) is 18.7 Å².